The Morgan fingerprint density at radius 3 is 2.80 bits per heavy atom. The van der Waals surface area contributed by atoms with Gasteiger partial charge in [0.1, 0.15) is 11.3 Å². The van der Waals surface area contributed by atoms with Gasteiger partial charge in [0.2, 0.25) is 0 Å². The standard InChI is InChI=1S/C14H16N2O4/c1-9(16-14(19)15-7-6-13(17)18)12-8-10-4-2-3-5-11(10)20-12/h2-5,8-9H,6-7H2,1H3,(H,17,18)(H2,15,16,19)/t9-/m0/s1. The number of carboxylic acids is 1. The lowest BCUT2D eigenvalue weighted by atomic mass is 10.2. The first-order chi connectivity index (χ1) is 9.56. The van der Waals surface area contributed by atoms with Gasteiger partial charge in [-0.15, -0.1) is 0 Å². The van der Waals surface area contributed by atoms with Gasteiger partial charge in [0.25, 0.3) is 0 Å². The number of hydrogen-bond acceptors (Lipinski definition) is 3. The number of carboxylic acid groups (broad SMARTS) is 1. The third-order valence-electron chi connectivity index (χ3n) is 2.84. The van der Waals surface area contributed by atoms with E-state index in [-0.39, 0.29) is 19.0 Å². The molecule has 0 radical (unpaired) electrons. The monoisotopic (exact) mass is 276 g/mol. The summed E-state index contributed by atoms with van der Waals surface area (Å²) >= 11 is 0. The second kappa shape index (κ2) is 6.10. The SMILES string of the molecule is C[C@H](NC(=O)NCCC(=O)O)c1cc2ccccc2o1. The topological polar surface area (TPSA) is 91.6 Å². The van der Waals surface area contributed by atoms with Crippen molar-refractivity contribution in [3.05, 3.63) is 36.1 Å². The molecule has 0 fully saturated rings. The van der Waals surface area contributed by atoms with Crippen LogP contribution in [0.4, 0.5) is 4.79 Å². The van der Waals surface area contributed by atoms with Crippen LogP contribution in [0.2, 0.25) is 0 Å². The van der Waals surface area contributed by atoms with E-state index < -0.39 is 12.0 Å². The van der Waals surface area contributed by atoms with Crippen LogP contribution >= 0.6 is 0 Å². The van der Waals surface area contributed by atoms with Gasteiger partial charge in [-0.3, -0.25) is 4.79 Å². The Kier molecular flexibility index (Phi) is 4.24. The Hall–Kier alpha value is -2.50. The number of amides is 2. The average molecular weight is 276 g/mol. The second-order valence-electron chi connectivity index (χ2n) is 4.45. The molecule has 106 valence electrons. The molecule has 0 aliphatic carbocycles. The molecule has 2 amide bonds. The first-order valence-electron chi connectivity index (χ1n) is 6.31. The van der Waals surface area contributed by atoms with E-state index in [1.165, 1.54) is 0 Å². The van der Waals surface area contributed by atoms with Crippen LogP contribution in [0.25, 0.3) is 11.0 Å². The van der Waals surface area contributed by atoms with Gasteiger partial charge in [0.05, 0.1) is 12.5 Å². The molecule has 0 aliphatic rings. The van der Waals surface area contributed by atoms with Crippen LogP contribution in [-0.2, 0) is 4.79 Å². The summed E-state index contributed by atoms with van der Waals surface area (Å²) in [5.41, 5.74) is 0.766. The highest BCUT2D eigenvalue weighted by Crippen LogP contribution is 2.23. The van der Waals surface area contributed by atoms with Gasteiger partial charge in [-0.05, 0) is 19.1 Å². The van der Waals surface area contributed by atoms with Crippen molar-refractivity contribution in [2.45, 2.75) is 19.4 Å². The summed E-state index contributed by atoms with van der Waals surface area (Å²) in [5.74, 6) is -0.296. The fourth-order valence-electron chi connectivity index (χ4n) is 1.82. The van der Waals surface area contributed by atoms with Gasteiger partial charge in [-0.1, -0.05) is 18.2 Å². The van der Waals surface area contributed by atoms with Gasteiger partial charge in [-0.25, -0.2) is 4.79 Å². The van der Waals surface area contributed by atoms with Crippen molar-refractivity contribution in [1.29, 1.82) is 0 Å². The predicted octanol–water partition coefficient (Wildman–Crippen LogP) is 2.27. The number of furan rings is 1. The molecule has 0 saturated carbocycles. The summed E-state index contributed by atoms with van der Waals surface area (Å²) in [7, 11) is 0. The number of hydrogen-bond donors (Lipinski definition) is 3. The highest BCUT2D eigenvalue weighted by molar-refractivity contribution is 5.78. The average Bonchev–Trinajstić information content (AvgIpc) is 2.82. The Labute approximate surface area is 115 Å². The number of nitrogens with one attached hydrogen (secondary N) is 2. The zero-order chi connectivity index (χ0) is 14.5. The normalized spacial score (nSPS) is 12.1. The quantitative estimate of drug-likeness (QED) is 0.781. The summed E-state index contributed by atoms with van der Waals surface area (Å²) in [4.78, 5) is 21.9. The first kappa shape index (κ1) is 13.9. The number of carbonyl (C=O) groups is 2. The summed E-state index contributed by atoms with van der Waals surface area (Å²) in [5, 5.41) is 14.6. The molecule has 6 heteroatoms. The second-order valence-corrected chi connectivity index (χ2v) is 4.45. The molecule has 3 N–H and O–H groups in total. The smallest absolute Gasteiger partial charge is 0.315 e. The lowest BCUT2D eigenvalue weighted by molar-refractivity contribution is -0.136. The van der Waals surface area contributed by atoms with Crippen LogP contribution in [0.15, 0.2) is 34.7 Å². The summed E-state index contributed by atoms with van der Waals surface area (Å²) in [6, 6.07) is 8.74. The zero-order valence-corrected chi connectivity index (χ0v) is 11.1. The minimum Gasteiger partial charge on any atom is -0.481 e. The molecule has 0 saturated heterocycles. The molecule has 2 rings (SSSR count). The van der Waals surface area contributed by atoms with Crippen molar-refractivity contribution < 1.29 is 19.1 Å². The van der Waals surface area contributed by atoms with Crippen molar-refractivity contribution >= 4 is 23.0 Å². The van der Waals surface area contributed by atoms with Crippen molar-refractivity contribution in [2.24, 2.45) is 0 Å². The molecule has 2 aromatic rings. The zero-order valence-electron chi connectivity index (χ0n) is 11.1. The largest absolute Gasteiger partial charge is 0.481 e. The molecule has 0 spiro atoms. The number of urea groups is 1. The van der Waals surface area contributed by atoms with Gasteiger partial charge in [0.15, 0.2) is 0 Å². The van der Waals surface area contributed by atoms with E-state index in [1.807, 2.05) is 30.3 Å². The van der Waals surface area contributed by atoms with Crippen LogP contribution in [-0.4, -0.2) is 23.7 Å². The maximum atomic E-state index is 11.6. The van der Waals surface area contributed by atoms with Crippen LogP contribution in [0.1, 0.15) is 25.1 Å². The van der Waals surface area contributed by atoms with E-state index in [0.717, 1.165) is 11.0 Å². The van der Waals surface area contributed by atoms with Gasteiger partial charge in [-0.2, -0.15) is 0 Å². The van der Waals surface area contributed by atoms with Crippen molar-refractivity contribution in [3.63, 3.8) is 0 Å². The third kappa shape index (κ3) is 3.50. The first-order valence-corrected chi connectivity index (χ1v) is 6.31. The van der Waals surface area contributed by atoms with Crippen LogP contribution in [0, 0.1) is 0 Å². The number of fused-ring (bicyclic) bond motifs is 1. The van der Waals surface area contributed by atoms with E-state index >= 15 is 0 Å². The van der Waals surface area contributed by atoms with Gasteiger partial charge in [0, 0.05) is 11.9 Å². The molecule has 0 unspecified atom stereocenters. The molecular weight excluding hydrogens is 260 g/mol. The molecule has 20 heavy (non-hydrogen) atoms. The van der Waals surface area contributed by atoms with Gasteiger partial charge >= 0.3 is 12.0 Å². The van der Waals surface area contributed by atoms with E-state index in [1.54, 1.807) is 6.92 Å². The van der Waals surface area contributed by atoms with Crippen LogP contribution in [0.5, 0.6) is 0 Å². The van der Waals surface area contributed by atoms with E-state index in [2.05, 4.69) is 10.6 Å². The number of benzene rings is 1. The highest BCUT2D eigenvalue weighted by Gasteiger charge is 2.13. The van der Waals surface area contributed by atoms with E-state index in [0.29, 0.717) is 5.76 Å². The number of aliphatic carboxylic acids is 1. The molecule has 0 bridgehead atoms. The molecule has 1 heterocycles. The number of carbonyl (C=O) groups excluding carboxylic acids is 1. The van der Waals surface area contributed by atoms with Crippen LogP contribution in [0.3, 0.4) is 0 Å². The minimum atomic E-state index is -0.948. The minimum absolute atomic E-state index is 0.0913. The Bertz CT molecular complexity index is 587. The maximum Gasteiger partial charge on any atom is 0.315 e. The van der Waals surface area contributed by atoms with Crippen molar-refractivity contribution in [1.82, 2.24) is 10.6 Å². The fourth-order valence-corrected chi connectivity index (χ4v) is 1.82. The third-order valence-corrected chi connectivity index (χ3v) is 2.84. The van der Waals surface area contributed by atoms with Crippen LogP contribution < -0.4 is 10.6 Å². The molecule has 0 aliphatic heterocycles. The summed E-state index contributed by atoms with van der Waals surface area (Å²) in [6.45, 7) is 1.89. The molecule has 1 aromatic heterocycles. The van der Waals surface area contributed by atoms with Crippen molar-refractivity contribution in [2.75, 3.05) is 6.54 Å². The lowest BCUT2D eigenvalue weighted by Crippen LogP contribution is -2.37. The van der Waals surface area contributed by atoms with E-state index in [4.69, 9.17) is 9.52 Å². The van der Waals surface area contributed by atoms with Gasteiger partial charge < -0.3 is 20.2 Å². The lowest BCUT2D eigenvalue weighted by Gasteiger charge is -2.11. The molecule has 1 aromatic carbocycles. The molecular formula is C14H16N2O4. The Balaban J connectivity index is 1.92. The Morgan fingerprint density at radius 2 is 2.10 bits per heavy atom. The fraction of sp³-hybridized carbons (Fsp3) is 0.286. The summed E-state index contributed by atoms with van der Waals surface area (Å²) in [6.07, 6.45) is -0.105. The predicted molar refractivity (Wildman–Crippen MR) is 73.4 cm³/mol. The molecule has 1 atom stereocenters. The number of para-hydroxylation sites is 1. The molecule has 6 nitrogen and oxygen atoms in total. The summed E-state index contributed by atoms with van der Waals surface area (Å²) < 4.78 is 5.64. The van der Waals surface area contributed by atoms with Crippen molar-refractivity contribution in [3.8, 4) is 0 Å². The van der Waals surface area contributed by atoms with E-state index in [9.17, 15) is 9.59 Å². The highest BCUT2D eigenvalue weighted by atomic mass is 16.4. The maximum absolute atomic E-state index is 11.6. The Morgan fingerprint density at radius 1 is 1.35 bits per heavy atom. The number of rotatable bonds is 5.